The number of nitrogens with zero attached hydrogens (tertiary/aromatic N) is 4. The van der Waals surface area contributed by atoms with Gasteiger partial charge in [-0.3, -0.25) is 0 Å². The molecular weight excluding hydrogens is 254 g/mol. The maximum atomic E-state index is 11.1. The minimum Gasteiger partial charge on any atom is -0.467 e. The van der Waals surface area contributed by atoms with Crippen molar-refractivity contribution in [1.29, 1.82) is 0 Å². The van der Waals surface area contributed by atoms with Crippen LogP contribution in [0.4, 0.5) is 5.82 Å². The smallest absolute Gasteiger partial charge is 0.337 e. The summed E-state index contributed by atoms with van der Waals surface area (Å²) < 4.78 is 5.80. The Hall–Kier alpha value is -2.26. The van der Waals surface area contributed by atoms with Crippen LogP contribution in [0.2, 0.25) is 0 Å². The number of fused-ring (bicyclic) bond motifs is 1. The average molecular weight is 267 g/mol. The zero-order valence-corrected chi connectivity index (χ0v) is 10.1. The highest BCUT2D eigenvalue weighted by Crippen LogP contribution is 2.15. The van der Waals surface area contributed by atoms with E-state index < -0.39 is 18.2 Å². The summed E-state index contributed by atoms with van der Waals surface area (Å²) in [6, 6.07) is 0. The number of aromatic nitrogens is 4. The number of nitrogens with two attached hydrogens (primary N) is 1. The van der Waals surface area contributed by atoms with Gasteiger partial charge in [0.1, 0.15) is 17.9 Å². The molecule has 0 aliphatic heterocycles. The summed E-state index contributed by atoms with van der Waals surface area (Å²) in [5.41, 5.74) is 6.41. The molecule has 2 unspecified atom stereocenters. The van der Waals surface area contributed by atoms with E-state index in [0.717, 1.165) is 7.11 Å². The Balaban J connectivity index is 2.22. The molecule has 2 atom stereocenters. The second-order valence-corrected chi connectivity index (χ2v) is 3.86. The van der Waals surface area contributed by atoms with E-state index in [2.05, 4.69) is 19.7 Å². The number of aliphatic hydroxyl groups excluding tert-OH is 2. The van der Waals surface area contributed by atoms with Gasteiger partial charge in [-0.05, 0) is 0 Å². The Bertz CT molecular complexity index is 599. The number of ether oxygens (including phenoxy) is 1. The monoisotopic (exact) mass is 267 g/mol. The van der Waals surface area contributed by atoms with Gasteiger partial charge in [-0.15, -0.1) is 0 Å². The predicted molar refractivity (Wildman–Crippen MR) is 63.8 cm³/mol. The summed E-state index contributed by atoms with van der Waals surface area (Å²) in [4.78, 5) is 22.9. The van der Waals surface area contributed by atoms with E-state index in [1.165, 1.54) is 17.2 Å². The molecule has 9 heteroatoms. The number of nitrogen functional groups attached to an aromatic ring is 1. The van der Waals surface area contributed by atoms with Gasteiger partial charge in [0.2, 0.25) is 0 Å². The van der Waals surface area contributed by atoms with Crippen molar-refractivity contribution in [3.8, 4) is 0 Å². The number of methoxy groups -OCH3 is 1. The minimum atomic E-state index is -1.64. The van der Waals surface area contributed by atoms with Crippen LogP contribution in [0.25, 0.3) is 11.2 Å². The minimum absolute atomic E-state index is 0.0801. The summed E-state index contributed by atoms with van der Waals surface area (Å²) in [6.45, 7) is -0.0801. The summed E-state index contributed by atoms with van der Waals surface area (Å²) in [5.74, 6) is -0.696. The molecule has 0 saturated heterocycles. The molecule has 9 nitrogen and oxygen atoms in total. The summed E-state index contributed by atoms with van der Waals surface area (Å²) in [7, 11) is 1.12. The Morgan fingerprint density at radius 1 is 1.47 bits per heavy atom. The standard InChI is InChI=1S/C10H13N5O4/c1-19-10(18)7(17)5(16)2-15-4-14-6-8(11)12-3-13-9(6)15/h3-5,7,16-17H,2H2,1H3,(H2,11,12,13). The molecule has 2 rings (SSSR count). The van der Waals surface area contributed by atoms with Crippen molar-refractivity contribution >= 4 is 23.0 Å². The van der Waals surface area contributed by atoms with E-state index in [-0.39, 0.29) is 12.4 Å². The van der Waals surface area contributed by atoms with Gasteiger partial charge < -0.3 is 25.3 Å². The Kier molecular flexibility index (Phi) is 3.58. The average Bonchev–Trinajstić information content (AvgIpc) is 2.81. The largest absolute Gasteiger partial charge is 0.467 e. The molecule has 0 aliphatic carbocycles. The topological polar surface area (TPSA) is 136 Å². The number of hydrogen-bond donors (Lipinski definition) is 3. The molecule has 19 heavy (non-hydrogen) atoms. The molecule has 0 aromatic carbocycles. The van der Waals surface area contributed by atoms with Gasteiger partial charge in [0, 0.05) is 0 Å². The van der Waals surface area contributed by atoms with Crippen LogP contribution in [-0.2, 0) is 16.1 Å². The summed E-state index contributed by atoms with van der Waals surface area (Å²) in [5, 5.41) is 19.2. The quantitative estimate of drug-likeness (QED) is 0.558. The highest BCUT2D eigenvalue weighted by atomic mass is 16.5. The van der Waals surface area contributed by atoms with Gasteiger partial charge in [0.15, 0.2) is 17.6 Å². The van der Waals surface area contributed by atoms with E-state index in [1.807, 2.05) is 0 Å². The molecule has 0 spiro atoms. The van der Waals surface area contributed by atoms with Gasteiger partial charge in [-0.25, -0.2) is 19.7 Å². The second-order valence-electron chi connectivity index (χ2n) is 3.86. The number of carbonyl (C=O) groups is 1. The van der Waals surface area contributed by atoms with E-state index in [0.29, 0.717) is 11.2 Å². The van der Waals surface area contributed by atoms with E-state index >= 15 is 0 Å². The van der Waals surface area contributed by atoms with Crippen LogP contribution in [-0.4, -0.2) is 55.0 Å². The highest BCUT2D eigenvalue weighted by Gasteiger charge is 2.26. The molecule has 102 valence electrons. The lowest BCUT2D eigenvalue weighted by atomic mass is 10.2. The fourth-order valence-electron chi connectivity index (χ4n) is 1.61. The molecule has 0 saturated carbocycles. The number of aliphatic hydroxyl groups is 2. The molecule has 0 fully saturated rings. The zero-order valence-electron chi connectivity index (χ0n) is 10.1. The Morgan fingerprint density at radius 2 is 2.21 bits per heavy atom. The summed E-state index contributed by atoms with van der Waals surface area (Å²) in [6.07, 6.45) is -0.329. The van der Waals surface area contributed by atoms with Crippen molar-refractivity contribution in [1.82, 2.24) is 19.5 Å². The van der Waals surface area contributed by atoms with Gasteiger partial charge >= 0.3 is 5.97 Å². The first-order chi connectivity index (χ1) is 9.04. The van der Waals surface area contributed by atoms with Crippen molar-refractivity contribution in [2.24, 2.45) is 0 Å². The van der Waals surface area contributed by atoms with Crippen LogP contribution in [0.1, 0.15) is 0 Å². The lowest BCUT2D eigenvalue weighted by molar-refractivity contribution is -0.157. The first-order valence-electron chi connectivity index (χ1n) is 5.40. The van der Waals surface area contributed by atoms with Crippen LogP contribution in [0, 0.1) is 0 Å². The lowest BCUT2D eigenvalue weighted by Gasteiger charge is -2.16. The fourth-order valence-corrected chi connectivity index (χ4v) is 1.61. The van der Waals surface area contributed by atoms with E-state index in [4.69, 9.17) is 5.73 Å². The molecule has 2 aromatic heterocycles. The third-order valence-electron chi connectivity index (χ3n) is 2.62. The molecule has 4 N–H and O–H groups in total. The van der Waals surface area contributed by atoms with Gasteiger partial charge in [0.25, 0.3) is 0 Å². The van der Waals surface area contributed by atoms with Gasteiger partial charge in [0.05, 0.1) is 20.0 Å². The molecule has 0 amide bonds. The molecule has 0 bridgehead atoms. The third kappa shape index (κ3) is 2.46. The van der Waals surface area contributed by atoms with Crippen molar-refractivity contribution in [2.75, 3.05) is 12.8 Å². The number of carbonyl (C=O) groups excluding carboxylic acids is 1. The molecule has 0 aliphatic rings. The number of hydrogen-bond acceptors (Lipinski definition) is 8. The maximum absolute atomic E-state index is 11.1. The van der Waals surface area contributed by atoms with Crippen LogP contribution >= 0.6 is 0 Å². The van der Waals surface area contributed by atoms with Crippen LogP contribution in [0.3, 0.4) is 0 Å². The number of anilines is 1. The lowest BCUT2D eigenvalue weighted by Crippen LogP contribution is -2.37. The fraction of sp³-hybridized carbons (Fsp3) is 0.400. The molecule has 0 radical (unpaired) electrons. The molecule has 2 heterocycles. The third-order valence-corrected chi connectivity index (χ3v) is 2.62. The van der Waals surface area contributed by atoms with Gasteiger partial charge in [-0.2, -0.15) is 0 Å². The Labute approximate surface area is 107 Å². The Morgan fingerprint density at radius 3 is 2.89 bits per heavy atom. The second kappa shape index (κ2) is 5.16. The van der Waals surface area contributed by atoms with E-state index in [1.54, 1.807) is 0 Å². The van der Waals surface area contributed by atoms with Crippen molar-refractivity contribution < 1.29 is 19.7 Å². The van der Waals surface area contributed by atoms with Crippen molar-refractivity contribution in [3.63, 3.8) is 0 Å². The number of imidazole rings is 1. The van der Waals surface area contributed by atoms with Gasteiger partial charge in [-0.1, -0.05) is 0 Å². The van der Waals surface area contributed by atoms with Crippen molar-refractivity contribution in [3.05, 3.63) is 12.7 Å². The van der Waals surface area contributed by atoms with Crippen LogP contribution < -0.4 is 5.73 Å². The number of rotatable bonds is 4. The predicted octanol–water partition coefficient (Wildman–Crippen LogP) is -1.70. The number of esters is 1. The normalized spacial score (nSPS) is 14.3. The molecule has 2 aromatic rings. The maximum Gasteiger partial charge on any atom is 0.337 e. The molecular formula is C10H13N5O4. The summed E-state index contributed by atoms with van der Waals surface area (Å²) >= 11 is 0. The van der Waals surface area contributed by atoms with Crippen LogP contribution in [0.15, 0.2) is 12.7 Å². The van der Waals surface area contributed by atoms with Crippen LogP contribution in [0.5, 0.6) is 0 Å². The highest BCUT2D eigenvalue weighted by molar-refractivity contribution is 5.81. The van der Waals surface area contributed by atoms with Crippen molar-refractivity contribution in [2.45, 2.75) is 18.8 Å². The SMILES string of the molecule is COC(=O)C(O)C(O)Cn1cnc2c(N)ncnc21. The zero-order chi connectivity index (χ0) is 14.0. The van der Waals surface area contributed by atoms with E-state index in [9.17, 15) is 15.0 Å². The first-order valence-corrected chi connectivity index (χ1v) is 5.40. The first kappa shape index (κ1) is 13.2.